The van der Waals surface area contributed by atoms with E-state index in [1.54, 1.807) is 20.8 Å². The summed E-state index contributed by atoms with van der Waals surface area (Å²) >= 11 is 0. The summed E-state index contributed by atoms with van der Waals surface area (Å²) in [6.07, 6.45) is -4.72. The molecule has 1 N–H and O–H groups in total. The minimum Gasteiger partial charge on any atom is -0.406 e. The first-order valence-electron chi connectivity index (χ1n) is 5.50. The monoisotopic (exact) mass is 273 g/mol. The van der Waals surface area contributed by atoms with Crippen LogP contribution in [0.3, 0.4) is 0 Å². The molecule has 0 heterocycles. The van der Waals surface area contributed by atoms with Gasteiger partial charge in [0.1, 0.15) is 5.75 Å². The second kappa shape index (κ2) is 5.77. The van der Waals surface area contributed by atoms with Crippen LogP contribution in [0.5, 0.6) is 5.75 Å². The van der Waals surface area contributed by atoms with Crippen LogP contribution in [0.15, 0.2) is 35.4 Å². The first-order chi connectivity index (χ1) is 8.69. The minimum absolute atomic E-state index is 0.288. The van der Waals surface area contributed by atoms with E-state index >= 15 is 0 Å². The van der Waals surface area contributed by atoms with Crippen LogP contribution in [0.1, 0.15) is 20.8 Å². The first-order valence-corrected chi connectivity index (χ1v) is 5.50. The highest BCUT2D eigenvalue weighted by atomic mass is 19.4. The zero-order chi connectivity index (χ0) is 14.6. The average molecular weight is 273 g/mol. The van der Waals surface area contributed by atoms with Gasteiger partial charge in [0.25, 0.3) is 5.91 Å². The van der Waals surface area contributed by atoms with Gasteiger partial charge < -0.3 is 10.1 Å². The van der Waals surface area contributed by atoms with Gasteiger partial charge in [-0.15, -0.1) is 13.2 Å². The Kier molecular flexibility index (Phi) is 4.58. The molecule has 0 aliphatic heterocycles. The molecule has 0 aromatic heterocycles. The molecule has 3 nitrogen and oxygen atoms in total. The van der Waals surface area contributed by atoms with Gasteiger partial charge in [0.05, 0.1) is 0 Å². The molecule has 0 fully saturated rings. The van der Waals surface area contributed by atoms with Gasteiger partial charge in [0, 0.05) is 11.3 Å². The van der Waals surface area contributed by atoms with E-state index in [9.17, 15) is 18.0 Å². The fourth-order valence-electron chi connectivity index (χ4n) is 1.19. The van der Waals surface area contributed by atoms with Crippen molar-refractivity contribution in [2.75, 3.05) is 5.32 Å². The summed E-state index contributed by atoms with van der Waals surface area (Å²) in [6.45, 7) is 5.27. The number of halogens is 3. The van der Waals surface area contributed by atoms with Crippen LogP contribution in [0.4, 0.5) is 18.9 Å². The normalized spacial score (nSPS) is 10.8. The topological polar surface area (TPSA) is 38.3 Å². The number of hydrogen-bond donors (Lipinski definition) is 1. The van der Waals surface area contributed by atoms with E-state index in [-0.39, 0.29) is 11.7 Å². The van der Waals surface area contributed by atoms with E-state index in [1.165, 1.54) is 12.1 Å². The van der Waals surface area contributed by atoms with E-state index in [4.69, 9.17) is 0 Å². The molecule has 0 radical (unpaired) electrons. The molecule has 6 heteroatoms. The van der Waals surface area contributed by atoms with E-state index < -0.39 is 6.36 Å². The van der Waals surface area contributed by atoms with E-state index in [0.717, 1.165) is 17.7 Å². The molecule has 1 amide bonds. The fourth-order valence-corrected chi connectivity index (χ4v) is 1.19. The molecule has 19 heavy (non-hydrogen) atoms. The highest BCUT2D eigenvalue weighted by molar-refractivity contribution is 6.03. The number of benzene rings is 1. The number of carbonyl (C=O) groups excluding carboxylic acids is 1. The Hall–Kier alpha value is -1.98. The van der Waals surface area contributed by atoms with Gasteiger partial charge in [0.2, 0.25) is 0 Å². The molecule has 0 saturated carbocycles. The lowest BCUT2D eigenvalue weighted by atomic mass is 10.1. The van der Waals surface area contributed by atoms with Gasteiger partial charge in [-0.2, -0.15) is 0 Å². The van der Waals surface area contributed by atoms with Crippen molar-refractivity contribution < 1.29 is 22.7 Å². The van der Waals surface area contributed by atoms with E-state index in [0.29, 0.717) is 11.3 Å². The highest BCUT2D eigenvalue weighted by Gasteiger charge is 2.30. The quantitative estimate of drug-likeness (QED) is 0.849. The van der Waals surface area contributed by atoms with E-state index in [2.05, 4.69) is 10.1 Å². The molecule has 0 aliphatic rings. The summed E-state index contributed by atoms with van der Waals surface area (Å²) < 4.78 is 39.6. The van der Waals surface area contributed by atoms with Gasteiger partial charge in [-0.3, -0.25) is 4.79 Å². The Morgan fingerprint density at radius 1 is 1.11 bits per heavy atom. The van der Waals surface area contributed by atoms with Gasteiger partial charge in [-0.25, -0.2) is 0 Å². The number of amides is 1. The fraction of sp³-hybridized carbons (Fsp3) is 0.308. The van der Waals surface area contributed by atoms with Crippen molar-refractivity contribution in [1.29, 1.82) is 0 Å². The summed E-state index contributed by atoms with van der Waals surface area (Å²) in [6, 6.07) is 4.97. The third-order valence-electron chi connectivity index (χ3n) is 2.44. The zero-order valence-corrected chi connectivity index (χ0v) is 10.8. The van der Waals surface area contributed by atoms with Crippen LogP contribution >= 0.6 is 0 Å². The molecule has 1 rings (SSSR count). The Labute approximate surface area is 109 Å². The summed E-state index contributed by atoms with van der Waals surface area (Å²) in [4.78, 5) is 11.7. The molecular formula is C13H14F3NO2. The maximum atomic E-state index is 11.9. The molecule has 0 saturated heterocycles. The third-order valence-corrected chi connectivity index (χ3v) is 2.44. The lowest BCUT2D eigenvalue weighted by Gasteiger charge is -2.10. The Balaban J connectivity index is 2.73. The summed E-state index contributed by atoms with van der Waals surface area (Å²) in [5.74, 6) is -0.617. The van der Waals surface area contributed by atoms with Crippen LogP contribution in [0, 0.1) is 0 Å². The van der Waals surface area contributed by atoms with Crippen molar-refractivity contribution in [1.82, 2.24) is 0 Å². The number of anilines is 1. The summed E-state index contributed by atoms with van der Waals surface area (Å²) in [5.41, 5.74) is 1.84. The predicted molar refractivity (Wildman–Crippen MR) is 65.8 cm³/mol. The number of ether oxygens (including phenoxy) is 1. The Morgan fingerprint density at radius 2 is 1.63 bits per heavy atom. The second-order valence-corrected chi connectivity index (χ2v) is 4.15. The second-order valence-electron chi connectivity index (χ2n) is 4.15. The average Bonchev–Trinajstić information content (AvgIpc) is 2.28. The SMILES string of the molecule is CC(C)=C(C)C(=O)Nc1ccc(OC(F)(F)F)cc1. The molecule has 1 aromatic carbocycles. The molecule has 0 unspecified atom stereocenters. The lowest BCUT2D eigenvalue weighted by Crippen LogP contribution is -2.17. The molecule has 104 valence electrons. The number of nitrogens with one attached hydrogen (secondary N) is 1. The van der Waals surface area contributed by atoms with Crippen molar-refractivity contribution in [3.8, 4) is 5.75 Å². The van der Waals surface area contributed by atoms with Crippen molar-refractivity contribution in [3.63, 3.8) is 0 Å². The van der Waals surface area contributed by atoms with Crippen molar-refractivity contribution >= 4 is 11.6 Å². The molecular weight excluding hydrogens is 259 g/mol. The van der Waals surface area contributed by atoms with Crippen molar-refractivity contribution in [3.05, 3.63) is 35.4 Å². The standard InChI is InChI=1S/C13H14F3NO2/c1-8(2)9(3)12(18)17-10-4-6-11(7-5-10)19-13(14,15)16/h4-7H,1-3H3,(H,17,18). The van der Waals surface area contributed by atoms with Gasteiger partial charge in [0.15, 0.2) is 0 Å². The van der Waals surface area contributed by atoms with E-state index in [1.807, 2.05) is 0 Å². The van der Waals surface area contributed by atoms with Crippen LogP contribution in [-0.4, -0.2) is 12.3 Å². The maximum absolute atomic E-state index is 11.9. The van der Waals surface area contributed by atoms with Crippen molar-refractivity contribution in [2.24, 2.45) is 0 Å². The number of allylic oxidation sites excluding steroid dienone is 1. The minimum atomic E-state index is -4.72. The predicted octanol–water partition coefficient (Wildman–Crippen LogP) is 3.88. The van der Waals surface area contributed by atoms with Gasteiger partial charge in [-0.05, 0) is 45.0 Å². The van der Waals surface area contributed by atoms with Crippen LogP contribution < -0.4 is 10.1 Å². The van der Waals surface area contributed by atoms with Crippen LogP contribution in [-0.2, 0) is 4.79 Å². The summed E-state index contributed by atoms with van der Waals surface area (Å²) in [7, 11) is 0. The molecule has 0 aliphatic carbocycles. The number of rotatable bonds is 3. The van der Waals surface area contributed by atoms with Crippen LogP contribution in [0.2, 0.25) is 0 Å². The zero-order valence-electron chi connectivity index (χ0n) is 10.8. The number of alkyl halides is 3. The van der Waals surface area contributed by atoms with Crippen molar-refractivity contribution in [2.45, 2.75) is 27.1 Å². The number of carbonyl (C=O) groups is 1. The smallest absolute Gasteiger partial charge is 0.406 e. The van der Waals surface area contributed by atoms with Crippen LogP contribution in [0.25, 0.3) is 0 Å². The maximum Gasteiger partial charge on any atom is 0.573 e. The Morgan fingerprint density at radius 3 is 2.05 bits per heavy atom. The highest BCUT2D eigenvalue weighted by Crippen LogP contribution is 2.24. The summed E-state index contributed by atoms with van der Waals surface area (Å²) in [5, 5.41) is 2.58. The largest absolute Gasteiger partial charge is 0.573 e. The molecule has 0 spiro atoms. The van der Waals surface area contributed by atoms with Gasteiger partial charge >= 0.3 is 6.36 Å². The first kappa shape index (κ1) is 15.1. The molecule has 1 aromatic rings. The molecule has 0 atom stereocenters. The molecule has 0 bridgehead atoms. The Bertz CT molecular complexity index is 486. The number of hydrogen-bond acceptors (Lipinski definition) is 2. The third kappa shape index (κ3) is 5.03. The van der Waals surface area contributed by atoms with Gasteiger partial charge in [-0.1, -0.05) is 5.57 Å². The lowest BCUT2D eigenvalue weighted by molar-refractivity contribution is -0.274.